The van der Waals surface area contributed by atoms with Crippen LogP contribution in [0.1, 0.15) is 47.9 Å². The molecule has 0 saturated heterocycles. The van der Waals surface area contributed by atoms with Crippen LogP contribution in [0, 0.1) is 0 Å². The molecule has 1 unspecified atom stereocenters. The normalized spacial score (nSPS) is 15.1. The van der Waals surface area contributed by atoms with E-state index in [9.17, 15) is 9.59 Å². The monoisotopic (exact) mass is 511 g/mol. The number of anilines is 1. The number of para-hydroxylation sites is 1. The van der Waals surface area contributed by atoms with Crippen LogP contribution in [-0.2, 0) is 11.3 Å². The number of fused-ring (bicyclic) bond motifs is 1. The molecule has 3 aromatic rings. The fraction of sp³-hybridized carbons (Fsp3) is 0.226. The molecule has 2 N–H and O–H groups in total. The summed E-state index contributed by atoms with van der Waals surface area (Å²) in [5.41, 5.74) is 4.12. The third-order valence-electron chi connectivity index (χ3n) is 6.19. The molecule has 0 fully saturated rings. The van der Waals surface area contributed by atoms with E-state index < -0.39 is 0 Å². The van der Waals surface area contributed by atoms with Gasteiger partial charge in [-0.15, -0.1) is 0 Å². The highest BCUT2D eigenvalue weighted by atomic mass is 16.5. The average Bonchev–Trinajstić information content (AvgIpc) is 2.94. The van der Waals surface area contributed by atoms with E-state index >= 15 is 0 Å². The van der Waals surface area contributed by atoms with Gasteiger partial charge in [0.15, 0.2) is 11.5 Å². The first-order chi connectivity index (χ1) is 18.5. The molecule has 3 aromatic carbocycles. The molecule has 1 aliphatic heterocycles. The molecular weight excluding hydrogens is 478 g/mol. The molecular formula is C31H33N3O4. The lowest BCUT2D eigenvalue weighted by Gasteiger charge is -2.38. The molecule has 2 amide bonds. The van der Waals surface area contributed by atoms with Crippen molar-refractivity contribution in [3.8, 4) is 11.5 Å². The molecule has 7 heteroatoms. The molecule has 196 valence electrons. The van der Waals surface area contributed by atoms with E-state index in [1.165, 1.54) is 6.92 Å². The molecule has 1 heterocycles. The molecule has 1 aliphatic rings. The van der Waals surface area contributed by atoms with E-state index in [1.807, 2.05) is 103 Å². The van der Waals surface area contributed by atoms with Gasteiger partial charge >= 0.3 is 0 Å². The standard InChI is InChI=1S/C31H33N3O4/c1-4-25(32-22(2)35)14-10-11-19-38-29-20-24(17-18-28(29)37-3)30-33-27-16-9-8-15-26(27)31(36)34(30)21-23-12-6-5-7-13-23/h4-10,12-18,20,30,33H,11,19,21H2,1-3H3,(H,32,35)/b14-10-,25-4+. The smallest absolute Gasteiger partial charge is 0.258 e. The number of carbonyl (C=O) groups excluding carboxylic acids is 2. The van der Waals surface area contributed by atoms with Crippen LogP contribution in [0.4, 0.5) is 5.69 Å². The summed E-state index contributed by atoms with van der Waals surface area (Å²) in [5, 5.41) is 6.31. The number of carbonyl (C=O) groups is 2. The molecule has 38 heavy (non-hydrogen) atoms. The second kappa shape index (κ2) is 12.6. The van der Waals surface area contributed by atoms with Gasteiger partial charge in [-0.25, -0.2) is 0 Å². The van der Waals surface area contributed by atoms with E-state index in [1.54, 1.807) is 7.11 Å². The molecule has 0 saturated carbocycles. The van der Waals surface area contributed by atoms with Gasteiger partial charge in [0.2, 0.25) is 5.91 Å². The van der Waals surface area contributed by atoms with E-state index in [0.29, 0.717) is 36.6 Å². The molecule has 0 aromatic heterocycles. The van der Waals surface area contributed by atoms with Crippen LogP contribution in [0.2, 0.25) is 0 Å². The second-order valence-electron chi connectivity index (χ2n) is 8.89. The van der Waals surface area contributed by atoms with Crippen LogP contribution in [0.5, 0.6) is 11.5 Å². The number of hydrogen-bond acceptors (Lipinski definition) is 5. The Hall–Kier alpha value is -4.52. The Kier molecular flexibility index (Phi) is 8.82. The maximum absolute atomic E-state index is 13.6. The summed E-state index contributed by atoms with van der Waals surface area (Å²) in [6, 6.07) is 23.3. The second-order valence-corrected chi connectivity index (χ2v) is 8.89. The molecule has 4 rings (SSSR count). The summed E-state index contributed by atoms with van der Waals surface area (Å²) in [7, 11) is 1.61. The Balaban J connectivity index is 1.55. The lowest BCUT2D eigenvalue weighted by atomic mass is 10.0. The predicted octanol–water partition coefficient (Wildman–Crippen LogP) is 5.83. The first-order valence-electron chi connectivity index (χ1n) is 12.6. The zero-order chi connectivity index (χ0) is 26.9. The highest BCUT2D eigenvalue weighted by Crippen LogP contribution is 2.37. The fourth-order valence-corrected chi connectivity index (χ4v) is 4.34. The third-order valence-corrected chi connectivity index (χ3v) is 6.19. The summed E-state index contributed by atoms with van der Waals surface area (Å²) in [5.74, 6) is 1.07. The molecule has 7 nitrogen and oxygen atoms in total. The Bertz CT molecular complexity index is 1330. The number of benzene rings is 3. The Morgan fingerprint density at radius 3 is 2.55 bits per heavy atom. The Labute approximate surface area is 223 Å². The number of hydrogen-bond donors (Lipinski definition) is 2. The van der Waals surface area contributed by atoms with Gasteiger partial charge in [0, 0.05) is 24.9 Å². The number of amides is 2. The van der Waals surface area contributed by atoms with Gasteiger partial charge in [-0.3, -0.25) is 9.59 Å². The lowest BCUT2D eigenvalue weighted by molar-refractivity contribution is -0.118. The lowest BCUT2D eigenvalue weighted by Crippen LogP contribution is -2.42. The van der Waals surface area contributed by atoms with E-state index in [4.69, 9.17) is 9.47 Å². The zero-order valence-electron chi connectivity index (χ0n) is 21.9. The maximum Gasteiger partial charge on any atom is 0.258 e. The minimum Gasteiger partial charge on any atom is -0.493 e. The van der Waals surface area contributed by atoms with Crippen LogP contribution in [-0.4, -0.2) is 30.4 Å². The van der Waals surface area contributed by atoms with Gasteiger partial charge in [-0.2, -0.15) is 0 Å². The van der Waals surface area contributed by atoms with Crippen molar-refractivity contribution in [2.75, 3.05) is 19.0 Å². The van der Waals surface area contributed by atoms with Crippen molar-refractivity contribution >= 4 is 17.5 Å². The van der Waals surface area contributed by atoms with E-state index in [-0.39, 0.29) is 18.0 Å². The zero-order valence-corrected chi connectivity index (χ0v) is 21.9. The number of allylic oxidation sites excluding steroid dienone is 2. The van der Waals surface area contributed by atoms with Crippen molar-refractivity contribution in [2.24, 2.45) is 0 Å². The van der Waals surface area contributed by atoms with Crippen molar-refractivity contribution in [3.63, 3.8) is 0 Å². The van der Waals surface area contributed by atoms with Crippen LogP contribution < -0.4 is 20.1 Å². The van der Waals surface area contributed by atoms with Gasteiger partial charge in [-0.05, 0) is 54.8 Å². The van der Waals surface area contributed by atoms with Gasteiger partial charge in [0.05, 0.1) is 19.3 Å². The summed E-state index contributed by atoms with van der Waals surface area (Å²) in [6.45, 7) is 4.22. The van der Waals surface area contributed by atoms with Gasteiger partial charge < -0.3 is 25.0 Å². The minimum absolute atomic E-state index is 0.0319. The van der Waals surface area contributed by atoms with Crippen molar-refractivity contribution in [1.82, 2.24) is 10.2 Å². The largest absolute Gasteiger partial charge is 0.493 e. The van der Waals surface area contributed by atoms with Crippen LogP contribution >= 0.6 is 0 Å². The number of methoxy groups -OCH3 is 1. The Morgan fingerprint density at radius 1 is 1.05 bits per heavy atom. The quantitative estimate of drug-likeness (QED) is 0.265. The molecule has 1 atom stereocenters. The maximum atomic E-state index is 13.6. The Morgan fingerprint density at radius 2 is 1.82 bits per heavy atom. The summed E-state index contributed by atoms with van der Waals surface area (Å²) >= 11 is 0. The van der Waals surface area contributed by atoms with Gasteiger partial charge in [0.25, 0.3) is 5.91 Å². The topological polar surface area (TPSA) is 79.9 Å². The number of nitrogens with zero attached hydrogens (tertiary/aromatic N) is 1. The van der Waals surface area contributed by atoms with Crippen LogP contribution in [0.25, 0.3) is 0 Å². The van der Waals surface area contributed by atoms with Crippen molar-refractivity contribution in [1.29, 1.82) is 0 Å². The van der Waals surface area contributed by atoms with Gasteiger partial charge in [-0.1, -0.05) is 60.7 Å². The average molecular weight is 512 g/mol. The van der Waals surface area contributed by atoms with E-state index in [2.05, 4.69) is 10.6 Å². The number of rotatable bonds is 10. The third kappa shape index (κ3) is 6.42. The number of nitrogens with one attached hydrogen (secondary N) is 2. The summed E-state index contributed by atoms with van der Waals surface area (Å²) in [6.07, 6.45) is 5.89. The SMILES string of the molecule is C/C=C(\C=C/CCOc1cc(C2Nc3ccccc3C(=O)N2Cc2ccccc2)ccc1OC)NC(C)=O. The molecule has 0 spiro atoms. The highest BCUT2D eigenvalue weighted by molar-refractivity contribution is 6.01. The minimum atomic E-state index is -0.388. The fourth-order valence-electron chi connectivity index (χ4n) is 4.34. The van der Waals surface area contributed by atoms with Gasteiger partial charge in [0.1, 0.15) is 6.17 Å². The molecule has 0 radical (unpaired) electrons. The summed E-state index contributed by atoms with van der Waals surface area (Å²) in [4.78, 5) is 26.7. The van der Waals surface area contributed by atoms with Crippen molar-refractivity contribution in [3.05, 3.63) is 113 Å². The van der Waals surface area contributed by atoms with Crippen molar-refractivity contribution < 1.29 is 19.1 Å². The predicted molar refractivity (Wildman–Crippen MR) is 149 cm³/mol. The molecule has 0 bridgehead atoms. The first kappa shape index (κ1) is 26.5. The molecule has 0 aliphatic carbocycles. The van der Waals surface area contributed by atoms with Crippen molar-refractivity contribution in [2.45, 2.75) is 33.0 Å². The van der Waals surface area contributed by atoms with Crippen LogP contribution in [0.3, 0.4) is 0 Å². The first-order valence-corrected chi connectivity index (χ1v) is 12.6. The van der Waals surface area contributed by atoms with Crippen LogP contribution in [0.15, 0.2) is 96.7 Å². The number of ether oxygens (including phenoxy) is 2. The summed E-state index contributed by atoms with van der Waals surface area (Å²) < 4.78 is 11.6. The van der Waals surface area contributed by atoms with E-state index in [0.717, 1.165) is 22.5 Å². The highest BCUT2D eigenvalue weighted by Gasteiger charge is 2.33.